The molecular formula is C28H22ClN3O3. The second-order valence-corrected chi connectivity index (χ2v) is 8.95. The lowest BCUT2D eigenvalue weighted by Gasteiger charge is -2.26. The zero-order valence-corrected chi connectivity index (χ0v) is 20.0. The number of carbonyl (C=O) groups is 3. The minimum absolute atomic E-state index is 0.125. The van der Waals surface area contributed by atoms with Crippen LogP contribution in [0.5, 0.6) is 0 Å². The SMILES string of the molecule is Cc1ccc(N2C(=O)NC(=O)/C(=C/c3cn(Cc4ccccc4C)c4ccccc34)C2=O)cc1Cl. The van der Waals surface area contributed by atoms with Gasteiger partial charge < -0.3 is 4.57 Å². The van der Waals surface area contributed by atoms with Crippen molar-refractivity contribution in [2.24, 2.45) is 0 Å². The number of amides is 4. The number of urea groups is 1. The van der Waals surface area contributed by atoms with Crippen LogP contribution in [-0.2, 0) is 16.1 Å². The van der Waals surface area contributed by atoms with Gasteiger partial charge >= 0.3 is 6.03 Å². The Labute approximate surface area is 207 Å². The molecule has 1 aliphatic heterocycles. The monoisotopic (exact) mass is 483 g/mol. The molecule has 4 amide bonds. The van der Waals surface area contributed by atoms with Crippen LogP contribution in [0.15, 0.2) is 78.5 Å². The first-order valence-corrected chi connectivity index (χ1v) is 11.5. The summed E-state index contributed by atoms with van der Waals surface area (Å²) < 4.78 is 2.10. The third kappa shape index (κ3) is 4.13. The Morgan fingerprint density at radius 1 is 0.914 bits per heavy atom. The van der Waals surface area contributed by atoms with Crippen molar-refractivity contribution in [1.82, 2.24) is 9.88 Å². The number of halogens is 1. The summed E-state index contributed by atoms with van der Waals surface area (Å²) in [5, 5.41) is 3.59. The van der Waals surface area contributed by atoms with E-state index in [1.54, 1.807) is 18.2 Å². The van der Waals surface area contributed by atoms with E-state index < -0.39 is 17.8 Å². The van der Waals surface area contributed by atoms with Crippen LogP contribution in [0, 0.1) is 13.8 Å². The molecule has 1 saturated heterocycles. The molecule has 0 saturated carbocycles. The van der Waals surface area contributed by atoms with Gasteiger partial charge in [-0.3, -0.25) is 14.9 Å². The van der Waals surface area contributed by atoms with Crippen LogP contribution in [0.1, 0.15) is 22.3 Å². The van der Waals surface area contributed by atoms with Gasteiger partial charge in [-0.25, -0.2) is 9.69 Å². The maximum atomic E-state index is 13.4. The Bertz CT molecular complexity index is 1550. The highest BCUT2D eigenvalue weighted by Gasteiger charge is 2.37. The van der Waals surface area contributed by atoms with Crippen molar-refractivity contribution in [3.8, 4) is 0 Å². The summed E-state index contributed by atoms with van der Waals surface area (Å²) in [6.07, 6.45) is 3.47. The van der Waals surface area contributed by atoms with E-state index in [-0.39, 0.29) is 5.57 Å². The van der Waals surface area contributed by atoms with Gasteiger partial charge in [0.05, 0.1) is 5.69 Å². The average molecular weight is 484 g/mol. The highest BCUT2D eigenvalue weighted by Crippen LogP contribution is 2.29. The number of nitrogens with zero attached hydrogens (tertiary/aromatic N) is 2. The van der Waals surface area contributed by atoms with Gasteiger partial charge in [-0.05, 0) is 54.8 Å². The summed E-state index contributed by atoms with van der Waals surface area (Å²) in [6.45, 7) is 4.53. The van der Waals surface area contributed by atoms with Crippen LogP contribution in [0.4, 0.5) is 10.5 Å². The quantitative estimate of drug-likeness (QED) is 0.302. The lowest BCUT2D eigenvalue weighted by Crippen LogP contribution is -2.54. The Hall–Kier alpha value is -4.16. The smallest absolute Gasteiger partial charge is 0.335 e. The van der Waals surface area contributed by atoms with E-state index in [2.05, 4.69) is 28.9 Å². The van der Waals surface area contributed by atoms with Crippen molar-refractivity contribution in [2.45, 2.75) is 20.4 Å². The summed E-state index contributed by atoms with van der Waals surface area (Å²) in [5.74, 6) is -1.43. The van der Waals surface area contributed by atoms with Crippen LogP contribution in [0.25, 0.3) is 17.0 Å². The molecule has 2 heterocycles. The van der Waals surface area contributed by atoms with Crippen molar-refractivity contribution in [1.29, 1.82) is 0 Å². The van der Waals surface area contributed by atoms with Crippen LogP contribution in [0.2, 0.25) is 5.02 Å². The Kier molecular flexibility index (Phi) is 5.75. The van der Waals surface area contributed by atoms with E-state index in [0.29, 0.717) is 22.8 Å². The van der Waals surface area contributed by atoms with Gasteiger partial charge in [0.2, 0.25) is 0 Å². The number of hydrogen-bond donors (Lipinski definition) is 1. The molecule has 1 aliphatic rings. The van der Waals surface area contributed by atoms with Gasteiger partial charge in [0.1, 0.15) is 5.57 Å². The van der Waals surface area contributed by atoms with Crippen molar-refractivity contribution in [3.05, 3.63) is 106 Å². The van der Waals surface area contributed by atoms with Crippen molar-refractivity contribution < 1.29 is 14.4 Å². The minimum Gasteiger partial charge on any atom is -0.342 e. The Balaban J connectivity index is 1.58. The Morgan fingerprint density at radius 3 is 2.43 bits per heavy atom. The third-order valence-corrected chi connectivity index (χ3v) is 6.64. The fraction of sp³-hybridized carbons (Fsp3) is 0.107. The van der Waals surface area contributed by atoms with Crippen molar-refractivity contribution in [2.75, 3.05) is 4.90 Å². The molecule has 1 aromatic heterocycles. The number of hydrogen-bond acceptors (Lipinski definition) is 3. The van der Waals surface area contributed by atoms with E-state index in [1.807, 2.05) is 49.5 Å². The fourth-order valence-electron chi connectivity index (χ4n) is 4.26. The number of aryl methyl sites for hydroxylation is 2. The molecule has 35 heavy (non-hydrogen) atoms. The third-order valence-electron chi connectivity index (χ3n) is 6.24. The summed E-state index contributed by atoms with van der Waals surface area (Å²) in [5.41, 5.74) is 5.02. The minimum atomic E-state index is -0.806. The molecule has 0 spiro atoms. The lowest BCUT2D eigenvalue weighted by molar-refractivity contribution is -0.122. The largest absolute Gasteiger partial charge is 0.342 e. The van der Waals surface area contributed by atoms with Crippen molar-refractivity contribution >= 4 is 52.1 Å². The first kappa shape index (κ1) is 22.6. The van der Waals surface area contributed by atoms with Gasteiger partial charge in [-0.1, -0.05) is 60.1 Å². The molecule has 0 unspecified atom stereocenters. The number of carbonyl (C=O) groups excluding carboxylic acids is 3. The summed E-state index contributed by atoms with van der Waals surface area (Å²) in [6, 6.07) is 20.0. The van der Waals surface area contributed by atoms with Gasteiger partial charge in [0.25, 0.3) is 11.8 Å². The van der Waals surface area contributed by atoms with Gasteiger partial charge in [-0.2, -0.15) is 0 Å². The van der Waals surface area contributed by atoms with Gasteiger partial charge in [0.15, 0.2) is 0 Å². The molecule has 1 fully saturated rings. The zero-order chi connectivity index (χ0) is 24.7. The number of nitrogens with one attached hydrogen (secondary N) is 1. The van der Waals surface area contributed by atoms with E-state index in [1.165, 1.54) is 17.2 Å². The van der Waals surface area contributed by atoms with E-state index in [4.69, 9.17) is 11.6 Å². The first-order valence-electron chi connectivity index (χ1n) is 11.1. The van der Waals surface area contributed by atoms with E-state index >= 15 is 0 Å². The van der Waals surface area contributed by atoms with Gasteiger partial charge in [0, 0.05) is 34.2 Å². The molecule has 0 aliphatic carbocycles. The molecule has 7 heteroatoms. The normalized spacial score (nSPS) is 15.2. The number of imide groups is 2. The molecule has 0 bridgehead atoms. The van der Waals surface area contributed by atoms with E-state index in [0.717, 1.165) is 21.4 Å². The Morgan fingerprint density at radius 2 is 1.66 bits per heavy atom. The topological polar surface area (TPSA) is 71.4 Å². The number of aromatic nitrogens is 1. The number of rotatable bonds is 4. The van der Waals surface area contributed by atoms with Gasteiger partial charge in [-0.15, -0.1) is 0 Å². The van der Waals surface area contributed by atoms with Crippen LogP contribution in [-0.4, -0.2) is 22.4 Å². The molecule has 1 N–H and O–H groups in total. The molecular weight excluding hydrogens is 462 g/mol. The first-order chi connectivity index (χ1) is 16.8. The molecule has 5 rings (SSSR count). The predicted octanol–water partition coefficient (Wildman–Crippen LogP) is 5.63. The summed E-state index contributed by atoms with van der Waals surface area (Å²) in [4.78, 5) is 39.6. The number of para-hydroxylation sites is 1. The standard InChI is InChI=1S/C28H22ClN3O3/c1-17-7-3-4-8-19(17)15-31-16-20(22-9-5-6-10-25(22)31)13-23-26(33)30-28(35)32(27(23)34)21-12-11-18(2)24(29)14-21/h3-14,16H,15H2,1-2H3,(H,30,33,35)/b23-13-. The lowest BCUT2D eigenvalue weighted by atomic mass is 10.1. The molecule has 0 atom stereocenters. The summed E-state index contributed by atoms with van der Waals surface area (Å²) >= 11 is 6.21. The number of barbiturate groups is 1. The van der Waals surface area contributed by atoms with E-state index in [9.17, 15) is 14.4 Å². The van der Waals surface area contributed by atoms with Crippen LogP contribution in [0.3, 0.4) is 0 Å². The summed E-state index contributed by atoms with van der Waals surface area (Å²) in [7, 11) is 0. The van der Waals surface area contributed by atoms with Crippen LogP contribution < -0.4 is 10.2 Å². The second kappa shape index (κ2) is 8.89. The van der Waals surface area contributed by atoms with Crippen molar-refractivity contribution in [3.63, 3.8) is 0 Å². The highest BCUT2D eigenvalue weighted by molar-refractivity contribution is 6.39. The maximum absolute atomic E-state index is 13.4. The molecule has 3 aromatic carbocycles. The molecule has 6 nitrogen and oxygen atoms in total. The predicted molar refractivity (Wildman–Crippen MR) is 137 cm³/mol. The number of benzene rings is 3. The highest BCUT2D eigenvalue weighted by atomic mass is 35.5. The second-order valence-electron chi connectivity index (χ2n) is 8.55. The molecule has 0 radical (unpaired) electrons. The van der Waals surface area contributed by atoms with Crippen LogP contribution >= 0.6 is 11.6 Å². The fourth-order valence-corrected chi connectivity index (χ4v) is 4.44. The number of anilines is 1. The average Bonchev–Trinajstić information content (AvgIpc) is 3.17. The number of fused-ring (bicyclic) bond motifs is 1. The molecule has 4 aromatic rings. The zero-order valence-electron chi connectivity index (χ0n) is 19.2. The molecule has 174 valence electrons. The maximum Gasteiger partial charge on any atom is 0.335 e.